The van der Waals surface area contributed by atoms with Crippen molar-refractivity contribution in [3.05, 3.63) is 59.8 Å². The summed E-state index contributed by atoms with van der Waals surface area (Å²) in [5.41, 5.74) is 2.65. The molecule has 8 heteroatoms. The highest BCUT2D eigenvalue weighted by atomic mass is 35.5. The van der Waals surface area contributed by atoms with E-state index in [9.17, 15) is 4.79 Å². The van der Waals surface area contributed by atoms with E-state index in [-0.39, 0.29) is 11.7 Å². The van der Waals surface area contributed by atoms with Crippen LogP contribution in [0.3, 0.4) is 0 Å². The molecule has 0 spiro atoms. The lowest BCUT2D eigenvalue weighted by Crippen LogP contribution is -2.15. The Hall–Kier alpha value is -2.77. The number of nitrogens with zero attached hydrogens (tertiary/aromatic N) is 3. The summed E-state index contributed by atoms with van der Waals surface area (Å²) in [6.45, 7) is 2.74. The Labute approximate surface area is 171 Å². The Kier molecular flexibility index (Phi) is 5.36. The fourth-order valence-corrected chi connectivity index (χ4v) is 4.00. The van der Waals surface area contributed by atoms with Crippen LogP contribution in [0.4, 0.5) is 5.69 Å². The lowest BCUT2D eigenvalue weighted by atomic mass is 10.1. The third-order valence-corrected chi connectivity index (χ3v) is 5.64. The number of hydrogen-bond donors (Lipinski definition) is 2. The summed E-state index contributed by atoms with van der Waals surface area (Å²) in [4.78, 5) is 15.6. The first kappa shape index (κ1) is 18.6. The normalized spacial score (nSPS) is 11.1. The van der Waals surface area contributed by atoms with Crippen LogP contribution in [0.2, 0.25) is 5.02 Å². The van der Waals surface area contributed by atoms with Gasteiger partial charge in [-0.15, -0.1) is 10.2 Å². The molecule has 0 atom stereocenters. The predicted molar refractivity (Wildman–Crippen MR) is 114 cm³/mol. The standard InChI is InChI=1S/C20H18ClN5OS/c1-2-26-19(14-11-22-16-9-5-3-7-13(14)16)24-25-20(26)28-12-18(27)23-17-10-6-4-8-15(17)21/h3-11,22H,2,12H2,1H3,(H,23,27). The van der Waals surface area contributed by atoms with E-state index in [2.05, 4.69) is 26.6 Å². The van der Waals surface area contributed by atoms with Gasteiger partial charge in [0.15, 0.2) is 11.0 Å². The van der Waals surface area contributed by atoms with Gasteiger partial charge >= 0.3 is 0 Å². The molecule has 0 bridgehead atoms. The molecule has 0 fully saturated rings. The highest BCUT2D eigenvalue weighted by molar-refractivity contribution is 7.99. The van der Waals surface area contributed by atoms with E-state index in [0.29, 0.717) is 22.4 Å². The maximum absolute atomic E-state index is 12.3. The number of aromatic amines is 1. The molecule has 0 aliphatic heterocycles. The smallest absolute Gasteiger partial charge is 0.234 e. The number of carbonyl (C=O) groups excluding carboxylic acids is 1. The highest BCUT2D eigenvalue weighted by Gasteiger charge is 2.17. The molecular weight excluding hydrogens is 394 g/mol. The van der Waals surface area contributed by atoms with Crippen molar-refractivity contribution in [3.8, 4) is 11.4 Å². The van der Waals surface area contributed by atoms with Crippen LogP contribution in [0.5, 0.6) is 0 Å². The first-order valence-electron chi connectivity index (χ1n) is 8.84. The second-order valence-corrected chi connectivity index (χ2v) is 7.46. The lowest BCUT2D eigenvalue weighted by molar-refractivity contribution is -0.113. The number of amides is 1. The summed E-state index contributed by atoms with van der Waals surface area (Å²) in [5.74, 6) is 0.864. The van der Waals surface area contributed by atoms with E-state index in [0.717, 1.165) is 22.3 Å². The molecule has 2 heterocycles. The van der Waals surface area contributed by atoms with E-state index in [4.69, 9.17) is 11.6 Å². The van der Waals surface area contributed by atoms with Crippen LogP contribution in [-0.4, -0.2) is 31.4 Å². The van der Waals surface area contributed by atoms with Crippen LogP contribution in [0.1, 0.15) is 6.92 Å². The first-order valence-corrected chi connectivity index (χ1v) is 10.2. The summed E-state index contributed by atoms with van der Waals surface area (Å²) in [6.07, 6.45) is 1.94. The molecule has 28 heavy (non-hydrogen) atoms. The van der Waals surface area contributed by atoms with Crippen molar-refractivity contribution < 1.29 is 4.79 Å². The minimum atomic E-state index is -0.141. The number of benzene rings is 2. The van der Waals surface area contributed by atoms with E-state index in [1.54, 1.807) is 12.1 Å². The third kappa shape index (κ3) is 3.63. The van der Waals surface area contributed by atoms with Crippen LogP contribution in [0.15, 0.2) is 59.9 Å². The lowest BCUT2D eigenvalue weighted by Gasteiger charge is -2.08. The minimum absolute atomic E-state index is 0.141. The van der Waals surface area contributed by atoms with Gasteiger partial charge in [0.2, 0.25) is 5.91 Å². The van der Waals surface area contributed by atoms with Crippen LogP contribution in [0.25, 0.3) is 22.3 Å². The number of H-pyrrole nitrogens is 1. The summed E-state index contributed by atoms with van der Waals surface area (Å²) in [5, 5.41) is 13.8. The van der Waals surface area contributed by atoms with Crippen LogP contribution < -0.4 is 5.32 Å². The SMILES string of the molecule is CCn1c(SCC(=O)Nc2ccccc2Cl)nnc1-c1c[nH]c2ccccc12. The number of halogens is 1. The Bertz CT molecular complexity index is 1140. The molecule has 2 N–H and O–H groups in total. The van der Waals surface area contributed by atoms with Gasteiger partial charge in [0.25, 0.3) is 0 Å². The van der Waals surface area contributed by atoms with Crippen molar-refractivity contribution >= 4 is 45.9 Å². The van der Waals surface area contributed by atoms with Gasteiger partial charge in [-0.3, -0.25) is 4.79 Å². The van der Waals surface area contributed by atoms with Crippen LogP contribution >= 0.6 is 23.4 Å². The van der Waals surface area contributed by atoms with Gasteiger partial charge in [-0.1, -0.05) is 53.7 Å². The molecule has 4 aromatic rings. The Morgan fingerprint density at radius 2 is 1.96 bits per heavy atom. The molecule has 1 amide bonds. The number of carbonyl (C=O) groups is 1. The van der Waals surface area contributed by atoms with Gasteiger partial charge in [-0.25, -0.2) is 0 Å². The molecule has 0 aliphatic carbocycles. The molecule has 0 aliphatic rings. The number of anilines is 1. The summed E-state index contributed by atoms with van der Waals surface area (Å²) in [7, 11) is 0. The topological polar surface area (TPSA) is 75.6 Å². The molecule has 0 unspecified atom stereocenters. The zero-order chi connectivity index (χ0) is 19.5. The van der Waals surface area contributed by atoms with Crippen molar-refractivity contribution in [2.45, 2.75) is 18.6 Å². The molecule has 0 saturated heterocycles. The minimum Gasteiger partial charge on any atom is -0.360 e. The molecule has 2 aromatic heterocycles. The molecule has 0 saturated carbocycles. The van der Waals surface area contributed by atoms with E-state index in [1.807, 2.05) is 48.0 Å². The quantitative estimate of drug-likeness (QED) is 0.445. The zero-order valence-corrected chi connectivity index (χ0v) is 16.7. The average molecular weight is 412 g/mol. The van der Waals surface area contributed by atoms with Crippen LogP contribution in [0, 0.1) is 0 Å². The Morgan fingerprint density at radius 3 is 2.79 bits per heavy atom. The average Bonchev–Trinajstić information content (AvgIpc) is 3.31. The monoisotopic (exact) mass is 411 g/mol. The van der Waals surface area contributed by atoms with Gasteiger partial charge in [0, 0.05) is 29.2 Å². The van der Waals surface area contributed by atoms with Crippen molar-refractivity contribution in [1.82, 2.24) is 19.7 Å². The van der Waals surface area contributed by atoms with E-state index in [1.165, 1.54) is 11.8 Å². The maximum atomic E-state index is 12.3. The van der Waals surface area contributed by atoms with E-state index >= 15 is 0 Å². The van der Waals surface area contributed by atoms with E-state index < -0.39 is 0 Å². The Balaban J connectivity index is 1.52. The number of thioether (sulfide) groups is 1. The second kappa shape index (κ2) is 8.08. The van der Waals surface area contributed by atoms with Crippen molar-refractivity contribution in [2.75, 3.05) is 11.1 Å². The fraction of sp³-hybridized carbons (Fsp3) is 0.150. The van der Waals surface area contributed by atoms with Gasteiger partial charge in [-0.2, -0.15) is 0 Å². The summed E-state index contributed by atoms with van der Waals surface area (Å²) in [6, 6.07) is 15.2. The second-order valence-electron chi connectivity index (χ2n) is 6.12. The number of nitrogens with one attached hydrogen (secondary N) is 2. The molecule has 142 valence electrons. The van der Waals surface area contributed by atoms with Crippen molar-refractivity contribution in [2.24, 2.45) is 0 Å². The number of rotatable bonds is 6. The van der Waals surface area contributed by atoms with Gasteiger partial charge in [0.1, 0.15) is 0 Å². The molecular formula is C20H18ClN5OS. The number of hydrogen-bond acceptors (Lipinski definition) is 4. The van der Waals surface area contributed by atoms with Gasteiger partial charge in [-0.05, 0) is 25.1 Å². The van der Waals surface area contributed by atoms with Crippen molar-refractivity contribution in [1.29, 1.82) is 0 Å². The Morgan fingerprint density at radius 1 is 1.18 bits per heavy atom. The number of aromatic nitrogens is 4. The zero-order valence-electron chi connectivity index (χ0n) is 15.1. The number of fused-ring (bicyclic) bond motifs is 1. The first-order chi connectivity index (χ1) is 13.7. The molecule has 0 radical (unpaired) electrons. The van der Waals surface area contributed by atoms with Gasteiger partial charge in [0.05, 0.1) is 16.5 Å². The third-order valence-electron chi connectivity index (χ3n) is 4.34. The predicted octanol–water partition coefficient (Wildman–Crippen LogP) is 4.83. The highest BCUT2D eigenvalue weighted by Crippen LogP contribution is 2.30. The van der Waals surface area contributed by atoms with Crippen molar-refractivity contribution in [3.63, 3.8) is 0 Å². The fourth-order valence-electron chi connectivity index (χ4n) is 3.02. The van der Waals surface area contributed by atoms with Gasteiger partial charge < -0.3 is 14.9 Å². The number of para-hydroxylation sites is 2. The molecule has 6 nitrogen and oxygen atoms in total. The van der Waals surface area contributed by atoms with Crippen LogP contribution in [-0.2, 0) is 11.3 Å². The summed E-state index contributed by atoms with van der Waals surface area (Å²) < 4.78 is 2.02. The summed E-state index contributed by atoms with van der Waals surface area (Å²) >= 11 is 7.44. The largest absolute Gasteiger partial charge is 0.360 e. The maximum Gasteiger partial charge on any atom is 0.234 e. The molecule has 4 rings (SSSR count). The molecule has 2 aromatic carbocycles.